The predicted octanol–water partition coefficient (Wildman–Crippen LogP) is 5.86. The van der Waals surface area contributed by atoms with E-state index in [9.17, 15) is 4.79 Å². The zero-order valence-electron chi connectivity index (χ0n) is 17.7. The molecule has 4 nitrogen and oxygen atoms in total. The number of hydrogen-bond acceptors (Lipinski definition) is 3. The van der Waals surface area contributed by atoms with Crippen LogP contribution in [0.3, 0.4) is 0 Å². The minimum Gasteiger partial charge on any atom is -0.318 e. The summed E-state index contributed by atoms with van der Waals surface area (Å²) in [6.45, 7) is 8.39. The summed E-state index contributed by atoms with van der Waals surface area (Å²) < 4.78 is 3.26. The smallest absolute Gasteiger partial charge is 0.250 e. The molecular weight excluding hydrogens is 458 g/mol. The molecule has 0 saturated carbocycles. The lowest BCUT2D eigenvalue weighted by atomic mass is 10.1. The predicted molar refractivity (Wildman–Crippen MR) is 131 cm³/mol. The molecule has 1 aromatic heterocycles. The van der Waals surface area contributed by atoms with Gasteiger partial charge in [-0.25, -0.2) is 5.43 Å². The van der Waals surface area contributed by atoms with Crippen LogP contribution in [0.1, 0.15) is 33.6 Å². The number of benzene rings is 2. The van der Waals surface area contributed by atoms with E-state index in [1.807, 2.05) is 12.1 Å². The molecule has 1 heterocycles. The minimum absolute atomic E-state index is 0.103. The Hall–Kier alpha value is -2.31. The van der Waals surface area contributed by atoms with Crippen molar-refractivity contribution in [3.05, 3.63) is 86.6 Å². The van der Waals surface area contributed by atoms with Crippen LogP contribution in [0.25, 0.3) is 5.69 Å². The molecular formula is C24H26BrN3OS. The first-order chi connectivity index (χ1) is 14.3. The van der Waals surface area contributed by atoms with Gasteiger partial charge in [-0.3, -0.25) is 4.79 Å². The summed E-state index contributed by atoms with van der Waals surface area (Å²) in [4.78, 5) is 12.1. The molecule has 0 saturated heterocycles. The Morgan fingerprint density at radius 1 is 1.10 bits per heavy atom. The van der Waals surface area contributed by atoms with E-state index >= 15 is 0 Å². The van der Waals surface area contributed by atoms with Gasteiger partial charge in [-0.1, -0.05) is 34.1 Å². The summed E-state index contributed by atoms with van der Waals surface area (Å²) in [7, 11) is 0. The van der Waals surface area contributed by atoms with Gasteiger partial charge in [0.1, 0.15) is 0 Å². The molecule has 0 radical (unpaired) electrons. The number of carbonyl (C=O) groups is 1. The highest BCUT2D eigenvalue weighted by Gasteiger charge is 2.10. The largest absolute Gasteiger partial charge is 0.318 e. The summed E-state index contributed by atoms with van der Waals surface area (Å²) in [6, 6.07) is 16.7. The van der Waals surface area contributed by atoms with Crippen molar-refractivity contribution >= 4 is 39.8 Å². The van der Waals surface area contributed by atoms with Crippen molar-refractivity contribution < 1.29 is 4.79 Å². The average Bonchev–Trinajstić information content (AvgIpc) is 2.97. The average molecular weight is 484 g/mol. The fourth-order valence-corrected chi connectivity index (χ4v) is 4.49. The molecule has 0 fully saturated rings. The van der Waals surface area contributed by atoms with E-state index < -0.39 is 0 Å². The van der Waals surface area contributed by atoms with Crippen LogP contribution in [-0.2, 0) is 10.5 Å². The van der Waals surface area contributed by atoms with Crippen LogP contribution in [0.5, 0.6) is 0 Å². The molecule has 0 aliphatic carbocycles. The van der Waals surface area contributed by atoms with Crippen molar-refractivity contribution in [3.8, 4) is 5.69 Å². The molecule has 0 spiro atoms. The van der Waals surface area contributed by atoms with Crippen LogP contribution >= 0.6 is 27.7 Å². The highest BCUT2D eigenvalue weighted by molar-refractivity contribution is 9.10. The molecule has 0 bridgehead atoms. The summed E-state index contributed by atoms with van der Waals surface area (Å²) in [5.74, 6) is 1.05. The second-order valence-corrected chi connectivity index (χ2v) is 9.25. The third-order valence-corrected chi connectivity index (χ3v) is 6.50. The van der Waals surface area contributed by atoms with E-state index in [4.69, 9.17) is 0 Å². The maximum Gasteiger partial charge on any atom is 0.250 e. The van der Waals surface area contributed by atoms with E-state index in [-0.39, 0.29) is 5.91 Å². The third-order valence-electron chi connectivity index (χ3n) is 5.00. The standard InChI is InChI=1S/C24H26BrN3OS/c1-16-8-9-23(10-17(16)2)28-18(3)11-21(19(28)4)13-26-27-24(29)15-30-14-20-6-5-7-22(25)12-20/h5-13H,14-15H2,1-4H3,(H,27,29)/b26-13-. The Labute approximate surface area is 190 Å². The van der Waals surface area contributed by atoms with Gasteiger partial charge in [0.05, 0.1) is 12.0 Å². The highest BCUT2D eigenvalue weighted by atomic mass is 79.9. The summed E-state index contributed by atoms with van der Waals surface area (Å²) >= 11 is 5.03. The van der Waals surface area contributed by atoms with Crippen molar-refractivity contribution in [3.63, 3.8) is 0 Å². The Kier molecular flexibility index (Phi) is 7.56. The topological polar surface area (TPSA) is 46.4 Å². The fraction of sp³-hybridized carbons (Fsp3) is 0.250. The normalized spacial score (nSPS) is 11.2. The van der Waals surface area contributed by atoms with Gasteiger partial charge in [0.15, 0.2) is 0 Å². The van der Waals surface area contributed by atoms with E-state index in [2.05, 4.69) is 95.1 Å². The summed E-state index contributed by atoms with van der Waals surface area (Å²) in [5, 5.41) is 4.16. The van der Waals surface area contributed by atoms with Crippen LogP contribution in [0.15, 0.2) is 58.1 Å². The number of nitrogens with one attached hydrogen (secondary N) is 1. The zero-order valence-corrected chi connectivity index (χ0v) is 20.1. The number of amides is 1. The molecule has 3 aromatic rings. The van der Waals surface area contributed by atoms with Crippen LogP contribution in [0.2, 0.25) is 0 Å². The number of rotatable bonds is 7. The van der Waals surface area contributed by atoms with Gasteiger partial charge >= 0.3 is 0 Å². The van der Waals surface area contributed by atoms with Crippen molar-refractivity contribution in [2.75, 3.05) is 5.75 Å². The van der Waals surface area contributed by atoms with E-state index in [0.29, 0.717) is 5.75 Å². The quantitative estimate of drug-likeness (QED) is 0.338. The van der Waals surface area contributed by atoms with Crippen LogP contribution in [0, 0.1) is 27.7 Å². The number of carbonyl (C=O) groups excluding carboxylic acids is 1. The number of aromatic nitrogens is 1. The van der Waals surface area contributed by atoms with Crippen LogP contribution in [0.4, 0.5) is 0 Å². The monoisotopic (exact) mass is 483 g/mol. The van der Waals surface area contributed by atoms with Crippen molar-refractivity contribution in [1.29, 1.82) is 0 Å². The Bertz CT molecular complexity index is 1090. The van der Waals surface area contributed by atoms with E-state index in [1.165, 1.54) is 16.7 Å². The molecule has 1 N–H and O–H groups in total. The minimum atomic E-state index is -0.103. The second kappa shape index (κ2) is 10.1. The number of hydrazone groups is 1. The van der Waals surface area contributed by atoms with Crippen molar-refractivity contribution in [2.24, 2.45) is 5.10 Å². The molecule has 0 unspecified atom stereocenters. The van der Waals surface area contributed by atoms with Gasteiger partial charge in [-0.15, -0.1) is 11.8 Å². The summed E-state index contributed by atoms with van der Waals surface area (Å²) in [5.41, 5.74) is 10.7. The Balaban J connectivity index is 1.58. The molecule has 2 aromatic carbocycles. The molecule has 3 rings (SSSR count). The second-order valence-electron chi connectivity index (χ2n) is 7.35. The molecule has 30 heavy (non-hydrogen) atoms. The highest BCUT2D eigenvalue weighted by Crippen LogP contribution is 2.22. The van der Waals surface area contributed by atoms with E-state index in [1.54, 1.807) is 18.0 Å². The lowest BCUT2D eigenvalue weighted by molar-refractivity contribution is -0.118. The number of aryl methyl sites for hydroxylation is 3. The molecule has 1 amide bonds. The van der Waals surface area contributed by atoms with Gasteiger partial charge in [-0.2, -0.15) is 5.10 Å². The maximum absolute atomic E-state index is 12.1. The van der Waals surface area contributed by atoms with Gasteiger partial charge in [-0.05, 0) is 74.7 Å². The zero-order chi connectivity index (χ0) is 21.7. The number of nitrogens with zero attached hydrogens (tertiary/aromatic N) is 2. The van der Waals surface area contributed by atoms with Gasteiger partial charge in [0, 0.05) is 32.9 Å². The fourth-order valence-electron chi connectivity index (χ4n) is 3.27. The molecule has 6 heteroatoms. The molecule has 0 aliphatic heterocycles. The third kappa shape index (κ3) is 5.64. The van der Waals surface area contributed by atoms with Gasteiger partial charge in [0.25, 0.3) is 0 Å². The van der Waals surface area contributed by atoms with Crippen LogP contribution in [-0.4, -0.2) is 22.4 Å². The Morgan fingerprint density at radius 2 is 1.90 bits per heavy atom. The molecule has 156 valence electrons. The summed E-state index contributed by atoms with van der Waals surface area (Å²) in [6.07, 6.45) is 1.72. The van der Waals surface area contributed by atoms with Gasteiger partial charge < -0.3 is 4.57 Å². The van der Waals surface area contributed by atoms with Crippen molar-refractivity contribution in [1.82, 2.24) is 9.99 Å². The number of thioether (sulfide) groups is 1. The first kappa shape index (κ1) is 22.4. The SMILES string of the molecule is Cc1ccc(-n2c(C)cc(/C=N\NC(=O)CSCc3cccc(Br)c3)c2C)cc1C. The molecule has 0 aliphatic rings. The first-order valence-electron chi connectivity index (χ1n) is 9.76. The van der Waals surface area contributed by atoms with E-state index in [0.717, 1.165) is 32.9 Å². The lowest BCUT2D eigenvalue weighted by Gasteiger charge is -2.11. The first-order valence-corrected chi connectivity index (χ1v) is 11.7. The Morgan fingerprint density at radius 3 is 2.63 bits per heavy atom. The van der Waals surface area contributed by atoms with Gasteiger partial charge in [0.2, 0.25) is 5.91 Å². The van der Waals surface area contributed by atoms with Crippen LogP contribution < -0.4 is 5.43 Å². The number of halogens is 1. The van der Waals surface area contributed by atoms with Crippen molar-refractivity contribution in [2.45, 2.75) is 33.4 Å². The molecule has 0 atom stereocenters. The lowest BCUT2D eigenvalue weighted by Crippen LogP contribution is -2.19. The number of hydrogen-bond donors (Lipinski definition) is 1. The maximum atomic E-state index is 12.1.